The Kier molecular flexibility index (Phi) is 5.28. The Morgan fingerprint density at radius 3 is 2.42 bits per heavy atom. The number of carbonyl (C=O) groups is 2. The first-order chi connectivity index (χ1) is 8.71. The predicted octanol–water partition coefficient (Wildman–Crippen LogP) is -0.953. The molecule has 0 saturated carbocycles. The van der Waals surface area contributed by atoms with Gasteiger partial charge in [0.1, 0.15) is 6.10 Å². The van der Waals surface area contributed by atoms with Gasteiger partial charge in [-0.25, -0.2) is 4.79 Å². The van der Waals surface area contributed by atoms with E-state index in [2.05, 4.69) is 5.32 Å². The highest BCUT2D eigenvalue weighted by Gasteiger charge is 2.35. The van der Waals surface area contributed by atoms with Crippen molar-refractivity contribution in [2.75, 3.05) is 27.2 Å². The number of nitrogens with one attached hydrogen (secondary N) is 1. The molecule has 3 N–H and O–H groups in total. The normalized spacial score (nSPS) is 26.2. The lowest BCUT2D eigenvalue weighted by molar-refractivity contribution is -0.152. The van der Waals surface area contributed by atoms with E-state index in [4.69, 9.17) is 9.84 Å². The highest BCUT2D eigenvalue weighted by Crippen LogP contribution is 2.20. The molecular formula is C12H22N2O5. The first-order valence-corrected chi connectivity index (χ1v) is 6.24. The molecule has 1 rings (SSSR count). The van der Waals surface area contributed by atoms with Crippen molar-refractivity contribution in [1.82, 2.24) is 10.2 Å². The van der Waals surface area contributed by atoms with Crippen molar-refractivity contribution in [3.63, 3.8) is 0 Å². The maximum Gasteiger partial charge on any atom is 0.332 e. The summed E-state index contributed by atoms with van der Waals surface area (Å²) in [6.07, 6.45) is -0.922. The lowest BCUT2D eigenvalue weighted by atomic mass is 10.1. The molecule has 3 atom stereocenters. The maximum absolute atomic E-state index is 11.8. The van der Waals surface area contributed by atoms with Gasteiger partial charge in [0.2, 0.25) is 5.91 Å². The van der Waals surface area contributed by atoms with Gasteiger partial charge in [-0.2, -0.15) is 0 Å². The van der Waals surface area contributed by atoms with E-state index in [-0.39, 0.29) is 12.5 Å². The second-order valence-corrected chi connectivity index (χ2v) is 5.48. The SMILES string of the molecule is CN(C)CC(C)(O)CNC(=O)C1CCC(C(=O)O)O1. The molecule has 0 bridgehead atoms. The van der Waals surface area contributed by atoms with Crippen LogP contribution in [0.1, 0.15) is 19.8 Å². The molecule has 7 heteroatoms. The van der Waals surface area contributed by atoms with Gasteiger partial charge in [-0.1, -0.05) is 0 Å². The minimum absolute atomic E-state index is 0.0988. The van der Waals surface area contributed by atoms with Crippen LogP contribution in [0.2, 0.25) is 0 Å². The monoisotopic (exact) mass is 274 g/mol. The number of hydrogen-bond acceptors (Lipinski definition) is 5. The minimum atomic E-state index is -1.05. The summed E-state index contributed by atoms with van der Waals surface area (Å²) in [5.41, 5.74) is -1.04. The quantitative estimate of drug-likeness (QED) is 0.577. The summed E-state index contributed by atoms with van der Waals surface area (Å²) in [5, 5.41) is 21.4. The molecule has 1 saturated heterocycles. The number of carboxylic acids is 1. The van der Waals surface area contributed by atoms with Gasteiger partial charge >= 0.3 is 5.97 Å². The second-order valence-electron chi connectivity index (χ2n) is 5.48. The smallest absolute Gasteiger partial charge is 0.332 e. The van der Waals surface area contributed by atoms with Crippen molar-refractivity contribution < 1.29 is 24.5 Å². The molecule has 0 aromatic carbocycles. The fraction of sp³-hybridized carbons (Fsp3) is 0.833. The van der Waals surface area contributed by atoms with E-state index in [9.17, 15) is 14.7 Å². The summed E-state index contributed by atoms with van der Waals surface area (Å²) in [6.45, 7) is 2.14. The Bertz CT molecular complexity index is 343. The van der Waals surface area contributed by atoms with Crippen molar-refractivity contribution in [3.8, 4) is 0 Å². The second kappa shape index (κ2) is 6.31. The van der Waals surface area contributed by atoms with Crippen LogP contribution in [0.5, 0.6) is 0 Å². The molecule has 110 valence electrons. The van der Waals surface area contributed by atoms with Crippen LogP contribution in [-0.4, -0.2) is 72.0 Å². The predicted molar refractivity (Wildman–Crippen MR) is 67.7 cm³/mol. The summed E-state index contributed by atoms with van der Waals surface area (Å²) in [6, 6.07) is 0. The zero-order valence-corrected chi connectivity index (χ0v) is 11.5. The van der Waals surface area contributed by atoms with E-state index in [1.54, 1.807) is 6.92 Å². The molecule has 19 heavy (non-hydrogen) atoms. The summed E-state index contributed by atoms with van der Waals surface area (Å²) in [7, 11) is 3.65. The van der Waals surface area contributed by atoms with Crippen molar-refractivity contribution >= 4 is 11.9 Å². The largest absolute Gasteiger partial charge is 0.479 e. The molecule has 3 unspecified atom stereocenters. The number of nitrogens with zero attached hydrogens (tertiary/aromatic N) is 1. The number of amides is 1. The summed E-state index contributed by atoms with van der Waals surface area (Å²) in [4.78, 5) is 24.3. The molecule has 0 radical (unpaired) electrons. The molecule has 0 aromatic heterocycles. The maximum atomic E-state index is 11.8. The Morgan fingerprint density at radius 2 is 1.95 bits per heavy atom. The van der Waals surface area contributed by atoms with Crippen LogP contribution in [0, 0.1) is 0 Å². The molecule has 1 heterocycles. The topological polar surface area (TPSA) is 99.1 Å². The molecule has 1 aliphatic heterocycles. The summed E-state index contributed by atoms with van der Waals surface area (Å²) >= 11 is 0. The standard InChI is InChI=1S/C12H22N2O5/c1-12(18,7-14(2)3)6-13-10(15)8-4-5-9(19-8)11(16)17/h8-9,18H,4-7H2,1-3H3,(H,13,15)(H,16,17). The summed E-state index contributed by atoms with van der Waals surface area (Å²) < 4.78 is 5.13. The average molecular weight is 274 g/mol. The lowest BCUT2D eigenvalue weighted by Gasteiger charge is -2.27. The third kappa shape index (κ3) is 5.14. The number of aliphatic hydroxyl groups is 1. The van der Waals surface area contributed by atoms with Crippen LogP contribution in [-0.2, 0) is 14.3 Å². The first-order valence-electron chi connectivity index (χ1n) is 6.24. The molecule has 0 spiro atoms. The fourth-order valence-corrected chi connectivity index (χ4v) is 2.14. The highest BCUT2D eigenvalue weighted by molar-refractivity contribution is 5.82. The third-order valence-electron chi connectivity index (χ3n) is 2.89. The number of hydrogen-bond donors (Lipinski definition) is 3. The Hall–Kier alpha value is -1.18. The van der Waals surface area contributed by atoms with Crippen LogP contribution >= 0.6 is 0 Å². The van der Waals surface area contributed by atoms with E-state index < -0.39 is 23.8 Å². The van der Waals surface area contributed by atoms with Crippen molar-refractivity contribution in [2.45, 2.75) is 37.6 Å². The van der Waals surface area contributed by atoms with Crippen LogP contribution in [0.25, 0.3) is 0 Å². The van der Waals surface area contributed by atoms with Gasteiger partial charge in [0, 0.05) is 13.1 Å². The highest BCUT2D eigenvalue weighted by atomic mass is 16.5. The van der Waals surface area contributed by atoms with Gasteiger partial charge < -0.3 is 25.2 Å². The lowest BCUT2D eigenvalue weighted by Crippen LogP contribution is -2.49. The van der Waals surface area contributed by atoms with E-state index in [1.807, 2.05) is 19.0 Å². The molecular weight excluding hydrogens is 252 g/mol. The van der Waals surface area contributed by atoms with E-state index >= 15 is 0 Å². The van der Waals surface area contributed by atoms with Crippen LogP contribution in [0.3, 0.4) is 0 Å². The minimum Gasteiger partial charge on any atom is -0.479 e. The van der Waals surface area contributed by atoms with Gasteiger partial charge in [-0.15, -0.1) is 0 Å². The van der Waals surface area contributed by atoms with E-state index in [0.717, 1.165) is 0 Å². The van der Waals surface area contributed by atoms with Crippen molar-refractivity contribution in [2.24, 2.45) is 0 Å². The number of ether oxygens (including phenoxy) is 1. The number of carbonyl (C=O) groups excluding carboxylic acids is 1. The van der Waals surface area contributed by atoms with Crippen molar-refractivity contribution in [1.29, 1.82) is 0 Å². The molecule has 1 aliphatic rings. The number of aliphatic carboxylic acids is 1. The third-order valence-corrected chi connectivity index (χ3v) is 2.89. The average Bonchev–Trinajstić information content (AvgIpc) is 2.73. The summed E-state index contributed by atoms with van der Waals surface area (Å²) in [5.74, 6) is -1.42. The van der Waals surface area contributed by atoms with Gasteiger partial charge in [0.25, 0.3) is 0 Å². The van der Waals surface area contributed by atoms with Gasteiger partial charge in [0.05, 0.1) is 5.60 Å². The Morgan fingerprint density at radius 1 is 1.37 bits per heavy atom. The molecule has 0 aromatic rings. The van der Waals surface area contributed by atoms with E-state index in [0.29, 0.717) is 19.4 Å². The fourth-order valence-electron chi connectivity index (χ4n) is 2.14. The molecule has 7 nitrogen and oxygen atoms in total. The Balaban J connectivity index is 2.38. The number of rotatable bonds is 6. The zero-order chi connectivity index (χ0) is 14.6. The molecule has 0 aliphatic carbocycles. The molecule has 1 fully saturated rings. The van der Waals surface area contributed by atoms with E-state index in [1.165, 1.54) is 0 Å². The van der Waals surface area contributed by atoms with Gasteiger partial charge in [-0.3, -0.25) is 4.79 Å². The Labute approximate surface area is 112 Å². The number of carboxylic acid groups (broad SMARTS) is 1. The first kappa shape index (κ1) is 15.9. The zero-order valence-electron chi connectivity index (χ0n) is 11.5. The van der Waals surface area contributed by atoms with Gasteiger partial charge in [-0.05, 0) is 33.9 Å². The molecule has 1 amide bonds. The van der Waals surface area contributed by atoms with Crippen LogP contribution in [0.4, 0.5) is 0 Å². The van der Waals surface area contributed by atoms with Crippen LogP contribution in [0.15, 0.2) is 0 Å². The number of likely N-dealkylation sites (N-methyl/N-ethyl adjacent to an activating group) is 1. The van der Waals surface area contributed by atoms with Crippen LogP contribution < -0.4 is 5.32 Å². The van der Waals surface area contributed by atoms with Gasteiger partial charge in [0.15, 0.2) is 6.10 Å². The van der Waals surface area contributed by atoms with Crippen molar-refractivity contribution in [3.05, 3.63) is 0 Å².